The third-order valence-electron chi connectivity index (χ3n) is 5.93. The van der Waals surface area contributed by atoms with E-state index in [1.807, 2.05) is 10.7 Å². The van der Waals surface area contributed by atoms with E-state index in [-0.39, 0.29) is 5.91 Å². The number of hydrogen-bond donors (Lipinski definition) is 2. The molecule has 8 heteroatoms. The van der Waals surface area contributed by atoms with Crippen LogP contribution in [-0.4, -0.2) is 46.2 Å². The Balaban J connectivity index is 1.10. The monoisotopic (exact) mass is 397 g/mol. The quantitative estimate of drug-likeness (QED) is 0.777. The summed E-state index contributed by atoms with van der Waals surface area (Å²) in [6.45, 7) is 2.05. The molecular weight excluding hydrogens is 370 g/mol. The van der Waals surface area contributed by atoms with E-state index < -0.39 is 0 Å². The van der Waals surface area contributed by atoms with Crippen molar-refractivity contribution < 1.29 is 14.3 Å². The molecule has 0 bridgehead atoms. The van der Waals surface area contributed by atoms with Crippen LogP contribution in [0, 0.1) is 0 Å². The average Bonchev–Trinajstić information content (AvgIpc) is 3.43. The molecule has 2 fully saturated rings. The van der Waals surface area contributed by atoms with Crippen molar-refractivity contribution in [2.24, 2.45) is 0 Å². The Morgan fingerprint density at radius 1 is 1.03 bits per heavy atom. The molecule has 1 amide bonds. The summed E-state index contributed by atoms with van der Waals surface area (Å²) in [7, 11) is 0. The highest BCUT2D eigenvalue weighted by Crippen LogP contribution is 2.31. The Bertz CT molecular complexity index is 871. The van der Waals surface area contributed by atoms with Gasteiger partial charge in [-0.05, 0) is 56.2 Å². The summed E-state index contributed by atoms with van der Waals surface area (Å²) in [4.78, 5) is 12.1. The Labute approximate surface area is 169 Å². The van der Waals surface area contributed by atoms with Crippen molar-refractivity contribution in [2.75, 3.05) is 13.2 Å². The normalized spacial score (nSPS) is 23.6. The minimum Gasteiger partial charge on any atom is -0.486 e. The number of carbonyl (C=O) groups is 1. The molecular formula is C21H27N5O3. The maximum Gasteiger partial charge on any atom is 0.273 e. The number of ether oxygens (including phenoxy) is 2. The minimum atomic E-state index is -0.103. The van der Waals surface area contributed by atoms with E-state index in [0.717, 1.165) is 56.6 Å². The molecule has 3 aliphatic rings. The molecule has 2 aliphatic carbocycles. The van der Waals surface area contributed by atoms with Gasteiger partial charge in [0.2, 0.25) is 0 Å². The van der Waals surface area contributed by atoms with Crippen LogP contribution in [0.3, 0.4) is 0 Å². The van der Waals surface area contributed by atoms with Crippen molar-refractivity contribution >= 4 is 5.91 Å². The molecule has 8 nitrogen and oxygen atoms in total. The predicted octanol–water partition coefficient (Wildman–Crippen LogP) is 2.21. The Morgan fingerprint density at radius 2 is 1.79 bits per heavy atom. The molecule has 29 heavy (non-hydrogen) atoms. The molecule has 0 atom stereocenters. The van der Waals surface area contributed by atoms with Gasteiger partial charge in [-0.2, -0.15) is 0 Å². The molecule has 0 unspecified atom stereocenters. The fourth-order valence-electron chi connectivity index (χ4n) is 4.05. The van der Waals surface area contributed by atoms with E-state index in [0.29, 0.717) is 37.0 Å². The topological polar surface area (TPSA) is 90.3 Å². The van der Waals surface area contributed by atoms with E-state index in [4.69, 9.17) is 9.47 Å². The van der Waals surface area contributed by atoms with Gasteiger partial charge in [-0.1, -0.05) is 11.3 Å². The van der Waals surface area contributed by atoms with Crippen molar-refractivity contribution in [1.82, 2.24) is 25.6 Å². The predicted molar refractivity (Wildman–Crippen MR) is 106 cm³/mol. The molecule has 1 aromatic heterocycles. The van der Waals surface area contributed by atoms with Crippen LogP contribution in [-0.2, 0) is 6.54 Å². The molecule has 1 aliphatic heterocycles. The number of benzene rings is 1. The van der Waals surface area contributed by atoms with Gasteiger partial charge >= 0.3 is 0 Å². The van der Waals surface area contributed by atoms with Crippen LogP contribution < -0.4 is 20.1 Å². The fraction of sp³-hybridized carbons (Fsp3) is 0.571. The lowest BCUT2D eigenvalue weighted by molar-refractivity contribution is 0.0946. The van der Waals surface area contributed by atoms with Crippen molar-refractivity contribution in [2.45, 2.75) is 63.2 Å². The lowest BCUT2D eigenvalue weighted by Crippen LogP contribution is -2.33. The maximum atomic E-state index is 12.1. The Kier molecular flexibility index (Phi) is 5.10. The number of rotatable bonds is 6. The van der Waals surface area contributed by atoms with E-state index in [9.17, 15) is 4.79 Å². The second-order valence-electron chi connectivity index (χ2n) is 8.20. The van der Waals surface area contributed by atoms with Crippen LogP contribution in [0.25, 0.3) is 0 Å². The molecule has 0 saturated heterocycles. The van der Waals surface area contributed by atoms with Crippen LogP contribution in [0.1, 0.15) is 60.6 Å². The molecule has 0 spiro atoms. The number of aromatic nitrogens is 3. The van der Waals surface area contributed by atoms with Crippen molar-refractivity contribution in [3.63, 3.8) is 0 Å². The molecule has 5 rings (SSSR count). The number of hydrogen-bond acceptors (Lipinski definition) is 6. The van der Waals surface area contributed by atoms with Gasteiger partial charge in [0, 0.05) is 18.6 Å². The molecule has 2 N–H and O–H groups in total. The van der Waals surface area contributed by atoms with Crippen molar-refractivity contribution in [3.05, 3.63) is 35.7 Å². The van der Waals surface area contributed by atoms with Crippen molar-refractivity contribution in [3.8, 4) is 11.5 Å². The maximum absolute atomic E-state index is 12.1. The highest BCUT2D eigenvalue weighted by molar-refractivity contribution is 5.92. The van der Waals surface area contributed by atoms with Crippen molar-refractivity contribution in [1.29, 1.82) is 0 Å². The third kappa shape index (κ3) is 4.37. The Morgan fingerprint density at radius 3 is 2.59 bits per heavy atom. The smallest absolute Gasteiger partial charge is 0.273 e. The van der Waals surface area contributed by atoms with E-state index in [1.165, 1.54) is 5.56 Å². The second-order valence-corrected chi connectivity index (χ2v) is 8.20. The zero-order chi connectivity index (χ0) is 19.6. The SMILES string of the molecule is O=C(NC1CC1)c1cn(C2CCC(NCc3ccc4c(c3)OCCO4)CC2)nn1. The van der Waals surface area contributed by atoms with Crippen LogP contribution >= 0.6 is 0 Å². The first-order valence-electron chi connectivity index (χ1n) is 10.6. The molecule has 0 radical (unpaired) electrons. The first kappa shape index (κ1) is 18.4. The molecule has 1 aromatic carbocycles. The third-order valence-corrected chi connectivity index (χ3v) is 5.93. The summed E-state index contributed by atoms with van der Waals surface area (Å²) in [5, 5.41) is 14.9. The van der Waals surface area contributed by atoms with Gasteiger partial charge in [-0.25, -0.2) is 4.68 Å². The zero-order valence-electron chi connectivity index (χ0n) is 16.5. The molecule has 2 saturated carbocycles. The Hall–Kier alpha value is -2.61. The van der Waals surface area contributed by atoms with Gasteiger partial charge in [0.1, 0.15) is 13.2 Å². The molecule has 2 heterocycles. The van der Waals surface area contributed by atoms with E-state index >= 15 is 0 Å². The first-order chi connectivity index (χ1) is 14.2. The van der Waals surface area contributed by atoms with Crippen LogP contribution in [0.5, 0.6) is 11.5 Å². The van der Waals surface area contributed by atoms with Gasteiger partial charge in [-0.15, -0.1) is 5.10 Å². The lowest BCUT2D eigenvalue weighted by Gasteiger charge is -2.29. The number of fused-ring (bicyclic) bond motifs is 1. The fourth-order valence-corrected chi connectivity index (χ4v) is 4.05. The van der Waals surface area contributed by atoms with Gasteiger partial charge in [0.15, 0.2) is 17.2 Å². The second kappa shape index (κ2) is 8.02. The summed E-state index contributed by atoms with van der Waals surface area (Å²) in [6, 6.07) is 7.29. The molecule has 154 valence electrons. The lowest BCUT2D eigenvalue weighted by atomic mass is 9.91. The summed E-state index contributed by atoms with van der Waals surface area (Å²) in [5.74, 6) is 1.57. The van der Waals surface area contributed by atoms with E-state index in [2.05, 4.69) is 33.1 Å². The average molecular weight is 397 g/mol. The summed E-state index contributed by atoms with van der Waals surface area (Å²) < 4.78 is 13.1. The number of amides is 1. The van der Waals surface area contributed by atoms with E-state index in [1.54, 1.807) is 6.20 Å². The van der Waals surface area contributed by atoms with Gasteiger partial charge in [0.05, 0.1) is 12.2 Å². The van der Waals surface area contributed by atoms with Gasteiger partial charge < -0.3 is 20.1 Å². The van der Waals surface area contributed by atoms with Crippen LogP contribution in [0.15, 0.2) is 24.4 Å². The summed E-state index contributed by atoms with van der Waals surface area (Å²) in [5.41, 5.74) is 1.63. The zero-order valence-corrected chi connectivity index (χ0v) is 16.5. The van der Waals surface area contributed by atoms with Gasteiger partial charge in [-0.3, -0.25) is 4.79 Å². The number of carbonyl (C=O) groups excluding carboxylic acids is 1. The number of nitrogens with zero attached hydrogens (tertiary/aromatic N) is 3. The summed E-state index contributed by atoms with van der Waals surface area (Å²) in [6.07, 6.45) is 8.17. The first-order valence-corrected chi connectivity index (χ1v) is 10.6. The highest BCUT2D eigenvalue weighted by atomic mass is 16.6. The standard InChI is InChI=1S/C21H27N5O3/c27-21(23-16-2-3-16)18-13-26(25-24-18)17-6-4-15(5-7-17)22-12-14-1-8-19-20(11-14)29-10-9-28-19/h1,8,11,13,15-17,22H,2-7,9-10,12H2,(H,23,27). The highest BCUT2D eigenvalue weighted by Gasteiger charge is 2.27. The largest absolute Gasteiger partial charge is 0.486 e. The minimum absolute atomic E-state index is 0.103. The van der Waals surface area contributed by atoms with Crippen LogP contribution in [0.4, 0.5) is 0 Å². The summed E-state index contributed by atoms with van der Waals surface area (Å²) >= 11 is 0. The number of nitrogens with one attached hydrogen (secondary N) is 2. The molecule has 2 aromatic rings. The van der Waals surface area contributed by atoms with Crippen LogP contribution in [0.2, 0.25) is 0 Å². The van der Waals surface area contributed by atoms with Gasteiger partial charge in [0.25, 0.3) is 5.91 Å².